The highest BCUT2D eigenvalue weighted by Crippen LogP contribution is 2.28. The van der Waals surface area contributed by atoms with Gasteiger partial charge in [-0.2, -0.15) is 0 Å². The van der Waals surface area contributed by atoms with Crippen LogP contribution < -0.4 is 14.2 Å². The van der Waals surface area contributed by atoms with Gasteiger partial charge >= 0.3 is 0 Å². The maximum Gasteiger partial charge on any atom is 0.125 e. The van der Waals surface area contributed by atoms with E-state index in [-0.39, 0.29) is 0 Å². The third-order valence-electron chi connectivity index (χ3n) is 5.24. The molecule has 0 fully saturated rings. The average molecular weight is 454 g/mol. The second kappa shape index (κ2) is 15.0. The van der Waals surface area contributed by atoms with E-state index >= 15 is 0 Å². The normalized spacial score (nSPS) is 11.6. The number of hydrogen-bond acceptors (Lipinski definition) is 5. The molecule has 2 aromatic carbocycles. The first-order valence-corrected chi connectivity index (χ1v) is 11.8. The molecule has 0 saturated carbocycles. The van der Waals surface area contributed by atoms with Gasteiger partial charge in [-0.25, -0.2) is 0 Å². The van der Waals surface area contributed by atoms with Gasteiger partial charge in [0.25, 0.3) is 0 Å². The van der Waals surface area contributed by atoms with Crippen molar-refractivity contribution in [2.24, 2.45) is 5.16 Å². The number of oxime groups is 1. The van der Waals surface area contributed by atoms with Gasteiger partial charge < -0.3 is 19.0 Å². The highest BCUT2D eigenvalue weighted by atomic mass is 16.6. The van der Waals surface area contributed by atoms with Crippen molar-refractivity contribution in [3.63, 3.8) is 0 Å². The Morgan fingerprint density at radius 1 is 0.909 bits per heavy atom. The van der Waals surface area contributed by atoms with Crippen LogP contribution in [0.3, 0.4) is 0 Å². The van der Waals surface area contributed by atoms with Crippen molar-refractivity contribution in [3.8, 4) is 17.2 Å². The summed E-state index contributed by atoms with van der Waals surface area (Å²) in [6.45, 7) is 10.1. The van der Waals surface area contributed by atoms with Crippen molar-refractivity contribution < 1.29 is 19.0 Å². The van der Waals surface area contributed by atoms with Crippen molar-refractivity contribution >= 4 is 5.71 Å². The number of benzene rings is 2. The molecule has 180 valence electrons. The van der Waals surface area contributed by atoms with Crippen molar-refractivity contribution in [2.75, 3.05) is 26.9 Å². The van der Waals surface area contributed by atoms with Crippen LogP contribution in [0.2, 0.25) is 0 Å². The predicted octanol–water partition coefficient (Wildman–Crippen LogP) is 6.84. The van der Waals surface area contributed by atoms with Gasteiger partial charge in [-0.3, -0.25) is 0 Å². The minimum absolute atomic E-state index is 0.588. The van der Waals surface area contributed by atoms with Crippen molar-refractivity contribution in [1.82, 2.24) is 0 Å². The maximum absolute atomic E-state index is 6.06. The number of ether oxygens (including phenoxy) is 3. The summed E-state index contributed by atoms with van der Waals surface area (Å²) in [6, 6.07) is 12.4. The van der Waals surface area contributed by atoms with E-state index in [1.54, 1.807) is 7.11 Å². The Kier molecular flexibility index (Phi) is 11.9. The average Bonchev–Trinajstić information content (AvgIpc) is 2.79. The number of aryl methyl sites for hydroxylation is 3. The van der Waals surface area contributed by atoms with Crippen molar-refractivity contribution in [2.45, 2.75) is 59.8 Å². The zero-order chi connectivity index (χ0) is 23.9. The molecule has 0 N–H and O–H groups in total. The lowest BCUT2D eigenvalue weighted by Gasteiger charge is -2.14. The Morgan fingerprint density at radius 3 is 2.33 bits per heavy atom. The van der Waals surface area contributed by atoms with Gasteiger partial charge in [-0.1, -0.05) is 29.4 Å². The van der Waals surface area contributed by atoms with Crippen LogP contribution in [0.5, 0.6) is 17.2 Å². The summed E-state index contributed by atoms with van der Waals surface area (Å²) in [6.07, 6.45) is 8.85. The zero-order valence-electron chi connectivity index (χ0n) is 20.9. The molecule has 0 unspecified atom stereocenters. The number of hydrogen-bond donors (Lipinski definition) is 0. The van der Waals surface area contributed by atoms with Crippen LogP contribution in [0.15, 0.2) is 53.7 Å². The molecular weight excluding hydrogens is 414 g/mol. The van der Waals surface area contributed by atoms with E-state index in [0.717, 1.165) is 66.2 Å². The van der Waals surface area contributed by atoms with Gasteiger partial charge in [-0.05, 0) is 101 Å². The van der Waals surface area contributed by atoms with E-state index in [9.17, 15) is 0 Å². The van der Waals surface area contributed by atoms with Crippen LogP contribution >= 0.6 is 0 Å². The van der Waals surface area contributed by atoms with Crippen molar-refractivity contribution in [1.29, 1.82) is 0 Å². The van der Waals surface area contributed by atoms with E-state index in [4.69, 9.17) is 19.0 Å². The van der Waals surface area contributed by atoms with Crippen LogP contribution in [0, 0.1) is 13.8 Å². The van der Waals surface area contributed by atoms with E-state index in [1.807, 2.05) is 50.3 Å². The highest BCUT2D eigenvalue weighted by molar-refractivity contribution is 5.81. The molecule has 0 amide bonds. The fourth-order valence-corrected chi connectivity index (χ4v) is 3.52. The summed E-state index contributed by atoms with van der Waals surface area (Å²) in [4.78, 5) is 4.81. The van der Waals surface area contributed by atoms with Gasteiger partial charge in [-0.15, -0.1) is 0 Å². The molecule has 0 atom stereocenters. The van der Waals surface area contributed by atoms with Crippen LogP contribution in [-0.4, -0.2) is 32.6 Å². The molecule has 0 spiro atoms. The van der Waals surface area contributed by atoms with Crippen LogP contribution in [0.1, 0.15) is 56.2 Å². The second-order valence-electron chi connectivity index (χ2n) is 8.18. The summed E-state index contributed by atoms with van der Waals surface area (Å²) >= 11 is 0. The Hall–Kier alpha value is -2.95. The van der Waals surface area contributed by atoms with Gasteiger partial charge in [0, 0.05) is 0 Å². The monoisotopic (exact) mass is 453 g/mol. The van der Waals surface area contributed by atoms with E-state index in [2.05, 4.69) is 31.1 Å². The van der Waals surface area contributed by atoms with Crippen molar-refractivity contribution in [3.05, 3.63) is 65.2 Å². The lowest BCUT2D eigenvalue weighted by atomic mass is 10.1. The molecule has 5 heteroatoms. The fourth-order valence-electron chi connectivity index (χ4n) is 3.52. The standard InChI is InChI=1S/C28H39NO4/c1-6-7-16-32-27-19-22(2)28(23(3)20-27)33-18-10-8-9-17-31-26-13-11-12-25(21-26)15-14-24(4)29-30-5/h6-7,11-13,19-21H,8-10,14-18H2,1-5H3/b7-6+,29-24?. The number of rotatable bonds is 15. The summed E-state index contributed by atoms with van der Waals surface area (Å²) < 4.78 is 17.8. The lowest BCUT2D eigenvalue weighted by molar-refractivity contribution is 0.212. The molecule has 2 rings (SSSR count). The molecule has 33 heavy (non-hydrogen) atoms. The third kappa shape index (κ3) is 10.0. The molecule has 0 aliphatic carbocycles. The lowest BCUT2D eigenvalue weighted by Crippen LogP contribution is -2.03. The van der Waals surface area contributed by atoms with Gasteiger partial charge in [0.05, 0.1) is 18.9 Å². The maximum atomic E-state index is 6.06. The predicted molar refractivity (Wildman–Crippen MR) is 136 cm³/mol. The summed E-state index contributed by atoms with van der Waals surface area (Å²) in [5.41, 5.74) is 4.45. The molecule has 0 radical (unpaired) electrons. The van der Waals surface area contributed by atoms with Crippen LogP contribution in [0.25, 0.3) is 0 Å². The molecule has 0 saturated heterocycles. The minimum Gasteiger partial charge on any atom is -0.494 e. The fraction of sp³-hybridized carbons (Fsp3) is 0.464. The summed E-state index contributed by atoms with van der Waals surface area (Å²) in [7, 11) is 1.58. The SMILES string of the molecule is C/C=C/COc1cc(C)c(OCCCCCOc2cccc(CCC(C)=NOC)c2)c(C)c1. The Morgan fingerprint density at radius 2 is 1.64 bits per heavy atom. The van der Waals surface area contributed by atoms with E-state index in [1.165, 1.54) is 5.56 Å². The Balaban J connectivity index is 1.66. The quantitative estimate of drug-likeness (QED) is 0.128. The first-order valence-electron chi connectivity index (χ1n) is 11.8. The van der Waals surface area contributed by atoms with Crippen LogP contribution in [-0.2, 0) is 11.3 Å². The summed E-state index contributed by atoms with van der Waals surface area (Å²) in [5.74, 6) is 2.77. The summed E-state index contributed by atoms with van der Waals surface area (Å²) in [5, 5.41) is 3.96. The minimum atomic E-state index is 0.588. The van der Waals surface area contributed by atoms with Gasteiger partial charge in [0.1, 0.15) is 31.0 Å². The van der Waals surface area contributed by atoms with Crippen LogP contribution in [0.4, 0.5) is 0 Å². The second-order valence-corrected chi connectivity index (χ2v) is 8.18. The Bertz CT molecular complexity index is 882. The molecule has 0 aromatic heterocycles. The Labute approximate surface area is 199 Å². The number of allylic oxidation sites excluding steroid dienone is 1. The molecule has 0 aliphatic rings. The molecule has 0 heterocycles. The van der Waals surface area contributed by atoms with Gasteiger partial charge in [0.2, 0.25) is 0 Å². The number of unbranched alkanes of at least 4 members (excludes halogenated alkanes) is 2. The first kappa shape index (κ1) is 26.3. The molecule has 0 aliphatic heterocycles. The number of nitrogens with zero attached hydrogens (tertiary/aromatic N) is 1. The first-order chi connectivity index (χ1) is 16.0. The topological polar surface area (TPSA) is 49.3 Å². The highest BCUT2D eigenvalue weighted by Gasteiger charge is 2.07. The van der Waals surface area contributed by atoms with E-state index in [0.29, 0.717) is 19.8 Å². The molecule has 2 aromatic rings. The van der Waals surface area contributed by atoms with Gasteiger partial charge in [0.15, 0.2) is 0 Å². The zero-order valence-corrected chi connectivity index (χ0v) is 20.9. The van der Waals surface area contributed by atoms with E-state index < -0.39 is 0 Å². The molecule has 0 bridgehead atoms. The largest absolute Gasteiger partial charge is 0.494 e. The third-order valence-corrected chi connectivity index (χ3v) is 5.24. The molecule has 5 nitrogen and oxygen atoms in total. The molecular formula is C28H39NO4. The smallest absolute Gasteiger partial charge is 0.125 e.